The van der Waals surface area contributed by atoms with Gasteiger partial charge >= 0.3 is 0 Å². The molecule has 2 saturated heterocycles. The van der Waals surface area contributed by atoms with Gasteiger partial charge in [-0.15, -0.1) is 0 Å². The molecule has 1 saturated carbocycles. The number of fused-ring (bicyclic) bond motifs is 2. The number of carbonyl (C=O) groups is 1. The number of rotatable bonds is 4. The highest BCUT2D eigenvalue weighted by Gasteiger charge is 2.39. The third-order valence-electron chi connectivity index (χ3n) is 5.98. The Morgan fingerprint density at radius 3 is 2.96 bits per heavy atom. The quantitative estimate of drug-likeness (QED) is 0.891. The Bertz CT molecular complexity index is 690. The monoisotopic (exact) mass is 358 g/mol. The predicted molar refractivity (Wildman–Crippen MR) is 95.0 cm³/mol. The lowest BCUT2D eigenvalue weighted by Crippen LogP contribution is -2.50. The van der Waals surface area contributed by atoms with Gasteiger partial charge in [-0.05, 0) is 49.3 Å². The number of piperidine rings is 1. The maximum atomic E-state index is 12.4. The van der Waals surface area contributed by atoms with Crippen molar-refractivity contribution >= 4 is 5.91 Å². The van der Waals surface area contributed by atoms with Crippen LogP contribution < -0.4 is 14.8 Å². The molecule has 0 bridgehead atoms. The molecule has 1 aromatic rings. The second-order valence-corrected chi connectivity index (χ2v) is 8.06. The summed E-state index contributed by atoms with van der Waals surface area (Å²) in [6.07, 6.45) is 4.57. The second-order valence-electron chi connectivity index (χ2n) is 8.06. The average Bonchev–Trinajstić information content (AvgIpc) is 3.34. The van der Waals surface area contributed by atoms with Crippen molar-refractivity contribution in [2.24, 2.45) is 11.8 Å². The SMILES string of the molecule is O=C(NC1CC1)[C@@H]1CO[C@@H]2CCN(Cc3ccc4c(c3)OCO4)C[C@@H]2C1. The molecule has 1 N–H and O–H groups in total. The van der Waals surface area contributed by atoms with E-state index < -0.39 is 0 Å². The largest absolute Gasteiger partial charge is 0.454 e. The van der Waals surface area contributed by atoms with Crippen LogP contribution in [-0.4, -0.2) is 49.4 Å². The molecule has 4 aliphatic rings. The Morgan fingerprint density at radius 1 is 1.19 bits per heavy atom. The fourth-order valence-electron chi connectivity index (χ4n) is 4.38. The van der Waals surface area contributed by atoms with Gasteiger partial charge in [-0.25, -0.2) is 0 Å². The van der Waals surface area contributed by atoms with Crippen LogP contribution in [0.3, 0.4) is 0 Å². The molecule has 0 radical (unpaired) electrons. The van der Waals surface area contributed by atoms with Gasteiger partial charge in [0.1, 0.15) is 0 Å². The van der Waals surface area contributed by atoms with Crippen LogP contribution in [0.25, 0.3) is 0 Å². The Morgan fingerprint density at radius 2 is 2.08 bits per heavy atom. The number of nitrogens with zero attached hydrogens (tertiary/aromatic N) is 1. The molecular formula is C20H26N2O4. The Hall–Kier alpha value is -1.79. The molecule has 1 amide bonds. The van der Waals surface area contributed by atoms with Gasteiger partial charge in [-0.2, -0.15) is 0 Å². The van der Waals surface area contributed by atoms with Crippen molar-refractivity contribution in [1.82, 2.24) is 10.2 Å². The van der Waals surface area contributed by atoms with Crippen LogP contribution in [0, 0.1) is 11.8 Å². The van der Waals surface area contributed by atoms with Gasteiger partial charge in [0.25, 0.3) is 0 Å². The lowest BCUT2D eigenvalue weighted by Gasteiger charge is -2.43. The van der Waals surface area contributed by atoms with Crippen molar-refractivity contribution in [3.8, 4) is 11.5 Å². The van der Waals surface area contributed by atoms with E-state index in [0.29, 0.717) is 31.5 Å². The van der Waals surface area contributed by atoms with Crippen LogP contribution in [0.15, 0.2) is 18.2 Å². The number of hydrogen-bond acceptors (Lipinski definition) is 5. The minimum atomic E-state index is 0.0161. The van der Waals surface area contributed by atoms with E-state index >= 15 is 0 Å². The van der Waals surface area contributed by atoms with E-state index in [9.17, 15) is 4.79 Å². The van der Waals surface area contributed by atoms with Crippen molar-refractivity contribution in [3.05, 3.63) is 23.8 Å². The molecule has 140 valence electrons. The molecule has 1 aromatic carbocycles. The molecule has 3 fully saturated rings. The topological polar surface area (TPSA) is 60.0 Å². The first-order chi connectivity index (χ1) is 12.7. The Balaban J connectivity index is 1.19. The first-order valence-corrected chi connectivity index (χ1v) is 9.77. The third kappa shape index (κ3) is 3.40. The summed E-state index contributed by atoms with van der Waals surface area (Å²) in [5, 5.41) is 3.14. The molecule has 0 aromatic heterocycles. The molecule has 26 heavy (non-hydrogen) atoms. The van der Waals surface area contributed by atoms with Gasteiger partial charge in [-0.3, -0.25) is 9.69 Å². The van der Waals surface area contributed by atoms with Crippen LogP contribution in [0.2, 0.25) is 0 Å². The van der Waals surface area contributed by atoms with Crippen molar-refractivity contribution in [2.75, 3.05) is 26.5 Å². The molecule has 6 nitrogen and oxygen atoms in total. The Kier molecular flexibility index (Phi) is 4.25. The van der Waals surface area contributed by atoms with E-state index in [1.807, 2.05) is 6.07 Å². The predicted octanol–water partition coefficient (Wildman–Crippen LogP) is 1.92. The van der Waals surface area contributed by atoms with Crippen molar-refractivity contribution < 1.29 is 19.0 Å². The zero-order valence-electron chi connectivity index (χ0n) is 15.0. The molecule has 1 aliphatic carbocycles. The van der Waals surface area contributed by atoms with E-state index in [1.54, 1.807) is 0 Å². The van der Waals surface area contributed by atoms with Gasteiger partial charge in [0.2, 0.25) is 12.7 Å². The lowest BCUT2D eigenvalue weighted by atomic mass is 9.83. The third-order valence-corrected chi connectivity index (χ3v) is 5.98. The molecule has 5 rings (SSSR count). The molecule has 6 heteroatoms. The number of likely N-dealkylation sites (tertiary alicyclic amines) is 1. The first kappa shape index (κ1) is 16.4. The fraction of sp³-hybridized carbons (Fsp3) is 0.650. The van der Waals surface area contributed by atoms with Crippen molar-refractivity contribution in [3.63, 3.8) is 0 Å². The summed E-state index contributed by atoms with van der Waals surface area (Å²) >= 11 is 0. The zero-order valence-corrected chi connectivity index (χ0v) is 15.0. The molecule has 3 heterocycles. The number of amides is 1. The minimum absolute atomic E-state index is 0.0161. The van der Waals surface area contributed by atoms with E-state index in [4.69, 9.17) is 14.2 Å². The number of carbonyl (C=O) groups excluding carboxylic acids is 1. The number of ether oxygens (including phenoxy) is 3. The van der Waals surface area contributed by atoms with Crippen LogP contribution in [0.4, 0.5) is 0 Å². The summed E-state index contributed by atoms with van der Waals surface area (Å²) in [6, 6.07) is 6.61. The first-order valence-electron chi connectivity index (χ1n) is 9.77. The molecule has 3 aliphatic heterocycles. The highest BCUT2D eigenvalue weighted by atomic mass is 16.7. The molecule has 3 atom stereocenters. The van der Waals surface area contributed by atoms with Gasteiger partial charge in [0, 0.05) is 25.7 Å². The van der Waals surface area contributed by atoms with E-state index in [0.717, 1.165) is 56.8 Å². The van der Waals surface area contributed by atoms with Crippen LogP contribution >= 0.6 is 0 Å². The smallest absolute Gasteiger partial charge is 0.231 e. The lowest BCUT2D eigenvalue weighted by molar-refractivity contribution is -0.139. The average molecular weight is 358 g/mol. The number of benzene rings is 1. The summed E-state index contributed by atoms with van der Waals surface area (Å²) in [5.74, 6) is 2.33. The van der Waals surface area contributed by atoms with Gasteiger partial charge in [0.15, 0.2) is 11.5 Å². The highest BCUT2D eigenvalue weighted by Crippen LogP contribution is 2.35. The summed E-state index contributed by atoms with van der Waals surface area (Å²) in [7, 11) is 0. The van der Waals surface area contributed by atoms with E-state index in [-0.39, 0.29) is 11.8 Å². The maximum absolute atomic E-state index is 12.4. The summed E-state index contributed by atoms with van der Waals surface area (Å²) in [5.41, 5.74) is 1.24. The highest BCUT2D eigenvalue weighted by molar-refractivity contribution is 5.79. The van der Waals surface area contributed by atoms with Crippen LogP contribution in [0.5, 0.6) is 11.5 Å². The van der Waals surface area contributed by atoms with E-state index in [2.05, 4.69) is 22.3 Å². The molecule has 0 spiro atoms. The second kappa shape index (κ2) is 6.74. The zero-order chi connectivity index (χ0) is 17.5. The number of hydrogen-bond donors (Lipinski definition) is 1. The van der Waals surface area contributed by atoms with E-state index in [1.165, 1.54) is 5.56 Å². The minimum Gasteiger partial charge on any atom is -0.454 e. The van der Waals surface area contributed by atoms with Crippen LogP contribution in [-0.2, 0) is 16.1 Å². The Labute approximate surface area is 153 Å². The van der Waals surface area contributed by atoms with Crippen molar-refractivity contribution in [1.29, 1.82) is 0 Å². The van der Waals surface area contributed by atoms with Crippen molar-refractivity contribution in [2.45, 2.75) is 44.4 Å². The summed E-state index contributed by atoms with van der Waals surface area (Å²) in [4.78, 5) is 14.8. The van der Waals surface area contributed by atoms with Crippen LogP contribution in [0.1, 0.15) is 31.2 Å². The molecular weight excluding hydrogens is 332 g/mol. The fourth-order valence-corrected chi connectivity index (χ4v) is 4.38. The normalized spacial score (nSPS) is 30.7. The number of nitrogens with one attached hydrogen (secondary N) is 1. The van der Waals surface area contributed by atoms with Gasteiger partial charge in [-0.1, -0.05) is 6.07 Å². The van der Waals surface area contributed by atoms with Gasteiger partial charge < -0.3 is 19.5 Å². The maximum Gasteiger partial charge on any atom is 0.231 e. The van der Waals surface area contributed by atoms with Gasteiger partial charge in [0.05, 0.1) is 18.6 Å². The standard InChI is InChI=1S/C20H26N2O4/c23-20(21-16-2-3-16)15-8-14-10-22(6-5-17(14)24-11-15)9-13-1-4-18-19(7-13)26-12-25-18/h1,4,7,14-17H,2-3,5-6,8-12H2,(H,21,23)/t14-,15-,17+/m0/s1. The summed E-state index contributed by atoms with van der Waals surface area (Å²) in [6.45, 7) is 3.83. The summed E-state index contributed by atoms with van der Waals surface area (Å²) < 4.78 is 16.9. The molecule has 0 unspecified atom stereocenters.